The lowest BCUT2D eigenvalue weighted by molar-refractivity contribution is -0.136. The van der Waals surface area contributed by atoms with E-state index < -0.39 is 17.6 Å². The van der Waals surface area contributed by atoms with Crippen molar-refractivity contribution in [3.63, 3.8) is 0 Å². The van der Waals surface area contributed by atoms with Crippen LogP contribution >= 0.6 is 23.8 Å². The molecule has 0 unspecified atom stereocenters. The maximum atomic E-state index is 13.1. The van der Waals surface area contributed by atoms with Crippen LogP contribution in [0.3, 0.4) is 0 Å². The number of carbonyl (C=O) groups excluding carboxylic acids is 1. The van der Waals surface area contributed by atoms with Crippen LogP contribution in [0.1, 0.15) is 11.3 Å². The van der Waals surface area contributed by atoms with Crippen molar-refractivity contribution in [2.24, 2.45) is 0 Å². The van der Waals surface area contributed by atoms with Gasteiger partial charge in [0.2, 0.25) is 5.91 Å². The van der Waals surface area contributed by atoms with Gasteiger partial charge in [-0.25, -0.2) is 0 Å². The van der Waals surface area contributed by atoms with E-state index in [2.05, 4.69) is 10.6 Å². The van der Waals surface area contributed by atoms with Gasteiger partial charge in [-0.2, -0.15) is 13.2 Å². The van der Waals surface area contributed by atoms with Crippen molar-refractivity contribution < 1.29 is 22.4 Å². The largest absolute Gasteiger partial charge is 0.457 e. The van der Waals surface area contributed by atoms with E-state index in [1.54, 1.807) is 12.1 Å². The molecule has 0 aliphatic heterocycles. The number of thiocarbonyl (C=S) groups is 1. The van der Waals surface area contributed by atoms with Gasteiger partial charge in [0.05, 0.1) is 11.3 Å². The van der Waals surface area contributed by atoms with Crippen LogP contribution < -0.4 is 10.6 Å². The van der Waals surface area contributed by atoms with Gasteiger partial charge in [0.1, 0.15) is 11.5 Å². The number of hydrogen-bond donors (Lipinski definition) is 2. The summed E-state index contributed by atoms with van der Waals surface area (Å²) in [5.74, 6) is 0.433. The van der Waals surface area contributed by atoms with Gasteiger partial charge < -0.3 is 9.73 Å². The third-order valence-corrected chi connectivity index (χ3v) is 4.30. The summed E-state index contributed by atoms with van der Waals surface area (Å²) in [7, 11) is 0. The maximum absolute atomic E-state index is 13.1. The summed E-state index contributed by atoms with van der Waals surface area (Å²) in [6.45, 7) is 0. The quantitative estimate of drug-likeness (QED) is 0.370. The Balaban J connectivity index is 1.62. The highest BCUT2D eigenvalue weighted by molar-refractivity contribution is 7.80. The molecule has 154 valence electrons. The standard InChI is InChI=1S/C21H14ClF3N2O2S/c22-14-6-9-17(16(12-14)21(23,24)25)26-20(30)27-19(28)11-8-15-7-10-18(29-15)13-4-2-1-3-5-13/h1-12H,(H2,26,27,28,30)/b11-8+. The minimum absolute atomic E-state index is 0.0703. The van der Waals surface area contributed by atoms with Crippen molar-refractivity contribution >= 4 is 46.6 Å². The highest BCUT2D eigenvalue weighted by Gasteiger charge is 2.34. The molecule has 3 rings (SSSR count). The molecule has 0 aliphatic rings. The van der Waals surface area contributed by atoms with Crippen LogP contribution in [0, 0.1) is 0 Å². The van der Waals surface area contributed by atoms with Gasteiger partial charge >= 0.3 is 6.18 Å². The Kier molecular flexibility index (Phi) is 6.59. The first kappa shape index (κ1) is 21.6. The molecule has 0 bridgehead atoms. The van der Waals surface area contributed by atoms with Crippen molar-refractivity contribution in [2.75, 3.05) is 5.32 Å². The number of hydrogen-bond acceptors (Lipinski definition) is 3. The predicted molar refractivity (Wildman–Crippen MR) is 114 cm³/mol. The van der Waals surface area contributed by atoms with Gasteiger partial charge in [-0.05, 0) is 48.6 Å². The van der Waals surface area contributed by atoms with Gasteiger partial charge in [0.15, 0.2) is 5.11 Å². The fourth-order valence-electron chi connectivity index (χ4n) is 2.52. The second-order valence-electron chi connectivity index (χ2n) is 6.03. The summed E-state index contributed by atoms with van der Waals surface area (Å²) in [6.07, 6.45) is -2.05. The van der Waals surface area contributed by atoms with Crippen molar-refractivity contribution in [2.45, 2.75) is 6.18 Å². The first-order valence-electron chi connectivity index (χ1n) is 8.54. The molecule has 2 N–H and O–H groups in total. The minimum atomic E-state index is -4.64. The maximum Gasteiger partial charge on any atom is 0.418 e. The normalized spacial score (nSPS) is 11.5. The smallest absolute Gasteiger partial charge is 0.418 e. The summed E-state index contributed by atoms with van der Waals surface area (Å²) >= 11 is 10.6. The number of halogens is 4. The number of amides is 1. The molecule has 0 atom stereocenters. The van der Waals surface area contributed by atoms with Crippen molar-refractivity contribution in [1.29, 1.82) is 0 Å². The Hall–Kier alpha value is -3.10. The third-order valence-electron chi connectivity index (χ3n) is 3.86. The molecule has 1 aromatic heterocycles. The lowest BCUT2D eigenvalue weighted by Gasteiger charge is -2.15. The van der Waals surface area contributed by atoms with Crippen LogP contribution in [0.2, 0.25) is 5.02 Å². The van der Waals surface area contributed by atoms with E-state index in [0.717, 1.165) is 23.8 Å². The molecule has 0 radical (unpaired) electrons. The number of benzene rings is 2. The fourth-order valence-corrected chi connectivity index (χ4v) is 2.91. The predicted octanol–water partition coefficient (Wildman–Crippen LogP) is 6.15. The first-order valence-corrected chi connectivity index (χ1v) is 9.33. The van der Waals surface area contributed by atoms with E-state index in [1.807, 2.05) is 30.3 Å². The van der Waals surface area contributed by atoms with Crippen LogP contribution in [0.25, 0.3) is 17.4 Å². The summed E-state index contributed by atoms with van der Waals surface area (Å²) < 4.78 is 45.0. The third kappa shape index (κ3) is 5.71. The molecule has 0 aliphatic carbocycles. The number of anilines is 1. The second-order valence-corrected chi connectivity index (χ2v) is 6.88. The first-order chi connectivity index (χ1) is 14.2. The van der Waals surface area contributed by atoms with Crippen LogP contribution in [0.5, 0.6) is 0 Å². The molecule has 9 heteroatoms. The number of furan rings is 1. The highest BCUT2D eigenvalue weighted by Crippen LogP contribution is 2.36. The zero-order valence-electron chi connectivity index (χ0n) is 15.2. The zero-order valence-corrected chi connectivity index (χ0v) is 16.7. The number of alkyl halides is 3. The number of nitrogens with one attached hydrogen (secondary N) is 2. The molecule has 1 amide bonds. The molecule has 3 aromatic rings. The van der Waals surface area contributed by atoms with Crippen molar-refractivity contribution in [3.8, 4) is 11.3 Å². The average molecular weight is 451 g/mol. The van der Waals surface area contributed by atoms with Crippen LogP contribution in [-0.4, -0.2) is 11.0 Å². The van der Waals surface area contributed by atoms with E-state index in [4.69, 9.17) is 28.2 Å². The van der Waals surface area contributed by atoms with Gasteiger partial charge in [-0.1, -0.05) is 41.9 Å². The SMILES string of the molecule is O=C(/C=C/c1ccc(-c2ccccc2)o1)NC(=S)Nc1ccc(Cl)cc1C(F)(F)F. The second kappa shape index (κ2) is 9.15. The average Bonchev–Trinajstić information content (AvgIpc) is 3.17. The molecular formula is C21H14ClF3N2O2S. The van der Waals surface area contributed by atoms with Gasteiger partial charge in [-0.3, -0.25) is 10.1 Å². The summed E-state index contributed by atoms with van der Waals surface area (Å²) in [4.78, 5) is 12.0. The van der Waals surface area contributed by atoms with Crippen LogP contribution in [0.15, 0.2) is 71.2 Å². The topological polar surface area (TPSA) is 54.3 Å². The monoisotopic (exact) mass is 450 g/mol. The van der Waals surface area contributed by atoms with E-state index in [1.165, 1.54) is 12.1 Å². The van der Waals surface area contributed by atoms with Crippen molar-refractivity contribution in [1.82, 2.24) is 5.32 Å². The Morgan fingerprint density at radius 3 is 2.50 bits per heavy atom. The van der Waals surface area contributed by atoms with E-state index in [9.17, 15) is 18.0 Å². The van der Waals surface area contributed by atoms with E-state index in [0.29, 0.717) is 11.5 Å². The summed E-state index contributed by atoms with van der Waals surface area (Å²) in [6, 6.07) is 16.0. The Morgan fingerprint density at radius 1 is 1.07 bits per heavy atom. The van der Waals surface area contributed by atoms with Gasteiger partial charge in [0, 0.05) is 16.7 Å². The molecule has 2 aromatic carbocycles. The Morgan fingerprint density at radius 2 is 1.80 bits per heavy atom. The van der Waals surface area contributed by atoms with Crippen LogP contribution in [0.4, 0.5) is 18.9 Å². The number of carbonyl (C=O) groups is 1. The molecule has 0 spiro atoms. The lowest BCUT2D eigenvalue weighted by atomic mass is 10.1. The molecule has 1 heterocycles. The van der Waals surface area contributed by atoms with Crippen LogP contribution in [-0.2, 0) is 11.0 Å². The highest BCUT2D eigenvalue weighted by atomic mass is 35.5. The molecule has 0 fully saturated rings. The molecular weight excluding hydrogens is 437 g/mol. The summed E-state index contributed by atoms with van der Waals surface area (Å²) in [5, 5.41) is 4.29. The molecule has 0 saturated heterocycles. The molecule has 4 nitrogen and oxygen atoms in total. The van der Waals surface area contributed by atoms with Gasteiger partial charge in [0.25, 0.3) is 0 Å². The Bertz CT molecular complexity index is 1100. The van der Waals surface area contributed by atoms with Gasteiger partial charge in [-0.15, -0.1) is 0 Å². The fraction of sp³-hybridized carbons (Fsp3) is 0.0476. The molecule has 30 heavy (non-hydrogen) atoms. The summed E-state index contributed by atoms with van der Waals surface area (Å²) in [5.41, 5.74) is -0.429. The van der Waals surface area contributed by atoms with E-state index >= 15 is 0 Å². The van der Waals surface area contributed by atoms with E-state index in [-0.39, 0.29) is 15.8 Å². The lowest BCUT2D eigenvalue weighted by Crippen LogP contribution is -2.33. The zero-order chi connectivity index (χ0) is 21.7. The van der Waals surface area contributed by atoms with Crippen molar-refractivity contribution in [3.05, 3.63) is 83.1 Å². The number of rotatable bonds is 4. The minimum Gasteiger partial charge on any atom is -0.457 e. The Labute approximate surface area is 180 Å². The molecule has 0 saturated carbocycles.